The summed E-state index contributed by atoms with van der Waals surface area (Å²) in [5.41, 5.74) is 2.87. The van der Waals surface area contributed by atoms with Crippen molar-refractivity contribution in [2.24, 2.45) is 0 Å². The zero-order valence-electron chi connectivity index (χ0n) is 14.5. The van der Waals surface area contributed by atoms with Gasteiger partial charge < -0.3 is 9.84 Å². The average molecular weight is 337 g/mol. The Labute approximate surface area is 147 Å². The number of nitrogens with zero attached hydrogens (tertiary/aromatic N) is 3. The maximum Gasteiger partial charge on any atom is 0.143 e. The van der Waals surface area contributed by atoms with Crippen molar-refractivity contribution in [1.82, 2.24) is 15.0 Å². The normalized spacial score (nSPS) is 10.9. The minimum absolute atomic E-state index is 0.111. The molecule has 0 amide bonds. The summed E-state index contributed by atoms with van der Waals surface area (Å²) >= 11 is 0. The molecule has 25 heavy (non-hydrogen) atoms. The van der Waals surface area contributed by atoms with Crippen LogP contribution in [0.5, 0.6) is 5.75 Å². The fraction of sp³-hybridized carbons (Fsp3) is 0.300. The molecule has 0 spiro atoms. The number of unbranched alkanes of at least 4 members (excludes halogenated alkanes) is 3. The molecule has 1 heterocycles. The van der Waals surface area contributed by atoms with E-state index in [-0.39, 0.29) is 5.75 Å². The molecule has 3 aromatic rings. The number of hydrogen-bond donors (Lipinski definition) is 1. The molecule has 130 valence electrons. The van der Waals surface area contributed by atoms with E-state index in [1.165, 1.54) is 17.6 Å². The predicted molar refractivity (Wildman–Crippen MR) is 99.7 cm³/mol. The lowest BCUT2D eigenvalue weighted by molar-refractivity contribution is 0.267. The van der Waals surface area contributed by atoms with Gasteiger partial charge in [0.2, 0.25) is 0 Å². The van der Waals surface area contributed by atoms with Crippen LogP contribution in [0.1, 0.15) is 38.2 Å². The Kier molecular flexibility index (Phi) is 5.33. The summed E-state index contributed by atoms with van der Waals surface area (Å²) in [6.07, 6.45) is 4.60. The maximum absolute atomic E-state index is 10.2. The Bertz CT molecular complexity index is 837. The number of aromatic nitrogens is 3. The molecule has 1 aromatic heterocycles. The lowest BCUT2D eigenvalue weighted by Crippen LogP contribution is -2.01. The lowest BCUT2D eigenvalue weighted by Gasteiger charge is -2.11. The second kappa shape index (κ2) is 7.83. The molecule has 0 bridgehead atoms. The van der Waals surface area contributed by atoms with Crippen LogP contribution >= 0.6 is 0 Å². The van der Waals surface area contributed by atoms with Crippen LogP contribution in [0.25, 0.3) is 22.5 Å². The standard InChI is InChI=1S/C20H23N3O2/c1-3-4-5-8-13-25-15(2)16-11-12-20(24)19(14-16)23-21-17-9-6-7-10-18(17)22-23/h6-7,9-12,14,24H,2-5,8,13H2,1H3. The van der Waals surface area contributed by atoms with Crippen LogP contribution in [-0.4, -0.2) is 26.7 Å². The molecule has 0 saturated carbocycles. The van der Waals surface area contributed by atoms with Gasteiger partial charge in [-0.05, 0) is 36.8 Å². The summed E-state index contributed by atoms with van der Waals surface area (Å²) in [6, 6.07) is 12.8. The summed E-state index contributed by atoms with van der Waals surface area (Å²) in [5, 5.41) is 19.0. The van der Waals surface area contributed by atoms with Crippen LogP contribution < -0.4 is 0 Å². The molecule has 5 heteroatoms. The molecule has 0 unspecified atom stereocenters. The average Bonchev–Trinajstić information content (AvgIpc) is 3.05. The molecule has 1 N–H and O–H groups in total. The molecule has 3 rings (SSSR count). The molecule has 0 fully saturated rings. The minimum Gasteiger partial charge on any atom is -0.506 e. The van der Waals surface area contributed by atoms with Crippen LogP contribution in [0.2, 0.25) is 0 Å². The number of rotatable bonds is 8. The highest BCUT2D eigenvalue weighted by Gasteiger charge is 2.11. The number of aromatic hydroxyl groups is 1. The third kappa shape index (κ3) is 3.99. The van der Waals surface area contributed by atoms with Crippen molar-refractivity contribution in [3.8, 4) is 11.4 Å². The quantitative estimate of drug-likeness (QED) is 0.478. The third-order valence-electron chi connectivity index (χ3n) is 4.07. The van der Waals surface area contributed by atoms with E-state index in [1.54, 1.807) is 18.2 Å². The Balaban J connectivity index is 1.77. The number of phenolic OH excluding ortho intramolecular Hbond substituents is 1. The van der Waals surface area contributed by atoms with Crippen molar-refractivity contribution < 1.29 is 9.84 Å². The van der Waals surface area contributed by atoms with Gasteiger partial charge in [0.05, 0.1) is 6.61 Å². The molecule has 2 aromatic carbocycles. The molecule has 5 nitrogen and oxygen atoms in total. The Morgan fingerprint density at radius 3 is 2.48 bits per heavy atom. The van der Waals surface area contributed by atoms with Crippen LogP contribution in [0, 0.1) is 0 Å². The van der Waals surface area contributed by atoms with Crippen LogP contribution in [0.15, 0.2) is 49.0 Å². The molecule has 0 aliphatic carbocycles. The molecule has 0 atom stereocenters. The van der Waals surface area contributed by atoms with Crippen molar-refractivity contribution in [2.75, 3.05) is 6.61 Å². The SMILES string of the molecule is C=C(OCCCCCC)c1ccc(O)c(-n2nc3ccccc3n2)c1. The highest BCUT2D eigenvalue weighted by Crippen LogP contribution is 2.26. The van der Waals surface area contributed by atoms with Gasteiger partial charge in [-0.15, -0.1) is 15.0 Å². The summed E-state index contributed by atoms with van der Waals surface area (Å²) < 4.78 is 5.74. The van der Waals surface area contributed by atoms with E-state index in [2.05, 4.69) is 23.7 Å². The fourth-order valence-corrected chi connectivity index (χ4v) is 2.63. The number of hydrogen-bond acceptors (Lipinski definition) is 4. The van der Waals surface area contributed by atoms with Crippen LogP contribution in [-0.2, 0) is 4.74 Å². The van der Waals surface area contributed by atoms with Gasteiger partial charge in [0.1, 0.15) is 28.2 Å². The van der Waals surface area contributed by atoms with E-state index < -0.39 is 0 Å². The lowest BCUT2D eigenvalue weighted by atomic mass is 10.1. The van der Waals surface area contributed by atoms with Gasteiger partial charge >= 0.3 is 0 Å². The van der Waals surface area contributed by atoms with E-state index >= 15 is 0 Å². The van der Waals surface area contributed by atoms with Gasteiger partial charge in [-0.2, -0.15) is 0 Å². The summed E-state index contributed by atoms with van der Waals surface area (Å²) in [4.78, 5) is 1.44. The third-order valence-corrected chi connectivity index (χ3v) is 4.07. The van der Waals surface area contributed by atoms with Crippen molar-refractivity contribution in [1.29, 1.82) is 0 Å². The van der Waals surface area contributed by atoms with Crippen LogP contribution in [0.4, 0.5) is 0 Å². The molecular weight excluding hydrogens is 314 g/mol. The molecule has 0 aliphatic rings. The van der Waals surface area contributed by atoms with Gasteiger partial charge in [-0.3, -0.25) is 0 Å². The fourth-order valence-electron chi connectivity index (χ4n) is 2.63. The highest BCUT2D eigenvalue weighted by molar-refractivity contribution is 5.74. The number of benzene rings is 2. The van der Waals surface area contributed by atoms with Gasteiger partial charge in [0, 0.05) is 5.56 Å². The van der Waals surface area contributed by atoms with Crippen molar-refractivity contribution in [3.05, 3.63) is 54.6 Å². The van der Waals surface area contributed by atoms with Crippen molar-refractivity contribution in [2.45, 2.75) is 32.6 Å². The topological polar surface area (TPSA) is 60.2 Å². The zero-order valence-corrected chi connectivity index (χ0v) is 14.5. The number of ether oxygens (including phenoxy) is 1. The summed E-state index contributed by atoms with van der Waals surface area (Å²) in [7, 11) is 0. The number of phenols is 1. The molecule has 0 saturated heterocycles. The van der Waals surface area contributed by atoms with E-state index in [4.69, 9.17) is 4.74 Å². The molecular formula is C20H23N3O2. The van der Waals surface area contributed by atoms with Gasteiger partial charge in [-0.25, -0.2) is 0 Å². The maximum atomic E-state index is 10.2. The predicted octanol–water partition coefficient (Wildman–Crippen LogP) is 4.69. The first kappa shape index (κ1) is 17.0. The highest BCUT2D eigenvalue weighted by atomic mass is 16.5. The van der Waals surface area contributed by atoms with Gasteiger partial charge in [0.15, 0.2) is 0 Å². The first-order valence-electron chi connectivity index (χ1n) is 8.66. The summed E-state index contributed by atoms with van der Waals surface area (Å²) in [6.45, 7) is 6.83. The van der Waals surface area contributed by atoms with Crippen molar-refractivity contribution in [3.63, 3.8) is 0 Å². The molecule has 0 aliphatic heterocycles. The van der Waals surface area contributed by atoms with Crippen molar-refractivity contribution >= 4 is 16.8 Å². The minimum atomic E-state index is 0.111. The first-order chi connectivity index (χ1) is 12.2. The zero-order chi connectivity index (χ0) is 17.6. The van der Waals surface area contributed by atoms with E-state index in [0.29, 0.717) is 18.1 Å². The van der Waals surface area contributed by atoms with E-state index in [9.17, 15) is 5.11 Å². The first-order valence-corrected chi connectivity index (χ1v) is 8.66. The smallest absolute Gasteiger partial charge is 0.143 e. The van der Waals surface area contributed by atoms with Gasteiger partial charge in [-0.1, -0.05) is 44.9 Å². The van der Waals surface area contributed by atoms with Gasteiger partial charge in [0.25, 0.3) is 0 Å². The monoisotopic (exact) mass is 337 g/mol. The Hall–Kier alpha value is -2.82. The number of fused-ring (bicyclic) bond motifs is 1. The Morgan fingerprint density at radius 2 is 1.80 bits per heavy atom. The second-order valence-corrected chi connectivity index (χ2v) is 6.01. The largest absolute Gasteiger partial charge is 0.506 e. The molecule has 0 radical (unpaired) electrons. The van der Waals surface area contributed by atoms with Crippen LogP contribution in [0.3, 0.4) is 0 Å². The second-order valence-electron chi connectivity index (χ2n) is 6.01. The van der Waals surface area contributed by atoms with E-state index in [1.807, 2.05) is 24.3 Å². The summed E-state index contributed by atoms with van der Waals surface area (Å²) in [5.74, 6) is 0.703. The van der Waals surface area contributed by atoms with E-state index in [0.717, 1.165) is 29.4 Å². The Morgan fingerprint density at radius 1 is 1.08 bits per heavy atom.